The lowest BCUT2D eigenvalue weighted by Gasteiger charge is -2.73. The lowest BCUT2D eigenvalue weighted by molar-refractivity contribution is -0.248. The zero-order valence-electron chi connectivity index (χ0n) is 23.6. The van der Waals surface area contributed by atoms with E-state index in [1.807, 2.05) is 0 Å². The predicted molar refractivity (Wildman–Crippen MR) is 140 cm³/mol. The molecule has 0 aromatic rings. The van der Waals surface area contributed by atoms with Gasteiger partial charge >= 0.3 is 5.97 Å². The minimum Gasteiger partial charge on any atom is -0.462 e. The van der Waals surface area contributed by atoms with Gasteiger partial charge in [0.2, 0.25) is 0 Å². The molecule has 5 rings (SSSR count). The van der Waals surface area contributed by atoms with E-state index in [0.717, 1.165) is 30.1 Å². The summed E-state index contributed by atoms with van der Waals surface area (Å²) in [5, 5.41) is 0. The maximum Gasteiger partial charge on any atom is 0.302 e. The molecule has 0 amide bonds. The van der Waals surface area contributed by atoms with Gasteiger partial charge in [0.1, 0.15) is 6.10 Å². The molecule has 0 spiro atoms. The lowest BCUT2D eigenvalue weighted by Crippen LogP contribution is -2.66. The van der Waals surface area contributed by atoms with Gasteiger partial charge in [-0.15, -0.1) is 0 Å². The van der Waals surface area contributed by atoms with Gasteiger partial charge in [-0.05, 0) is 122 Å². The molecule has 5 aliphatic carbocycles. The molecule has 0 radical (unpaired) electrons. The molecule has 5 aliphatic rings. The highest BCUT2D eigenvalue weighted by molar-refractivity contribution is 5.66. The summed E-state index contributed by atoms with van der Waals surface area (Å²) >= 11 is 0. The van der Waals surface area contributed by atoms with Gasteiger partial charge in [0.15, 0.2) is 0 Å². The van der Waals surface area contributed by atoms with Crippen LogP contribution in [0.3, 0.4) is 0 Å². The molecule has 0 bridgehead atoms. The lowest BCUT2D eigenvalue weighted by atomic mass is 9.32. The summed E-state index contributed by atoms with van der Waals surface area (Å²) in [7, 11) is 0. The molecule has 0 saturated heterocycles. The Labute approximate surface area is 210 Å². The number of carbonyl (C=O) groups is 1. The normalized spacial score (nSPS) is 53.6. The Balaban J connectivity index is 1.50. The third-order valence-corrected chi connectivity index (χ3v) is 13.7. The second-order valence-corrected chi connectivity index (χ2v) is 15.3. The van der Waals surface area contributed by atoms with Crippen LogP contribution in [0.25, 0.3) is 0 Å². The first kappa shape index (κ1) is 24.9. The Hall–Kier alpha value is -0.790. The average Bonchev–Trinajstić information content (AvgIpc) is 3.08. The van der Waals surface area contributed by atoms with Crippen molar-refractivity contribution in [3.05, 3.63) is 12.2 Å². The summed E-state index contributed by atoms with van der Waals surface area (Å²) < 4.78 is 5.91. The van der Waals surface area contributed by atoms with Gasteiger partial charge in [0.25, 0.3) is 0 Å². The van der Waals surface area contributed by atoms with Crippen LogP contribution in [-0.4, -0.2) is 12.1 Å². The maximum absolute atomic E-state index is 11.9. The quantitative estimate of drug-likeness (QED) is 0.299. The van der Waals surface area contributed by atoms with Crippen molar-refractivity contribution in [2.75, 3.05) is 0 Å². The van der Waals surface area contributed by atoms with E-state index >= 15 is 0 Å². The Morgan fingerprint density at radius 1 is 0.765 bits per heavy atom. The Morgan fingerprint density at radius 3 is 2.12 bits per heavy atom. The monoisotopic (exact) mass is 468 g/mol. The Bertz CT molecular complexity index is 872. The SMILES string of the molecule is C=C(C)C1CCC2(C)CC[C@]3(C)C(CCC4[C@@]5(C)CCC(OC(C)=O)C(C)(C)C5CC[C@]43C)C12. The molecule has 2 nitrogen and oxygen atoms in total. The highest BCUT2D eigenvalue weighted by Crippen LogP contribution is 2.77. The van der Waals surface area contributed by atoms with E-state index in [1.165, 1.54) is 63.4 Å². The number of ether oxygens (including phenoxy) is 1. The Kier molecular flexibility index (Phi) is 5.57. The molecule has 5 saturated carbocycles. The van der Waals surface area contributed by atoms with Crippen molar-refractivity contribution < 1.29 is 9.53 Å². The fourth-order valence-electron chi connectivity index (χ4n) is 11.9. The first-order valence-electron chi connectivity index (χ1n) is 14.5. The fraction of sp³-hybridized carbons (Fsp3) is 0.906. The first-order chi connectivity index (χ1) is 15.7. The summed E-state index contributed by atoms with van der Waals surface area (Å²) in [6.07, 6.45) is 13.4. The minimum atomic E-state index is -0.107. The number of rotatable bonds is 2. The summed E-state index contributed by atoms with van der Waals surface area (Å²) in [5.74, 6) is 3.74. The molecule has 2 heteroatoms. The van der Waals surface area contributed by atoms with E-state index in [1.54, 1.807) is 6.92 Å². The average molecular weight is 469 g/mol. The van der Waals surface area contributed by atoms with Crippen LogP contribution in [0.5, 0.6) is 0 Å². The van der Waals surface area contributed by atoms with Crippen LogP contribution in [0.1, 0.15) is 120 Å². The molecular weight excluding hydrogens is 416 g/mol. The van der Waals surface area contributed by atoms with Crippen molar-refractivity contribution in [3.8, 4) is 0 Å². The Morgan fingerprint density at radius 2 is 1.47 bits per heavy atom. The van der Waals surface area contributed by atoms with Crippen molar-refractivity contribution >= 4 is 5.97 Å². The molecule has 192 valence electrons. The van der Waals surface area contributed by atoms with Crippen LogP contribution >= 0.6 is 0 Å². The number of fused-ring (bicyclic) bond motifs is 7. The first-order valence-corrected chi connectivity index (χ1v) is 14.5. The van der Waals surface area contributed by atoms with Crippen LogP contribution in [0, 0.1) is 56.7 Å². The number of hydrogen-bond donors (Lipinski definition) is 0. The van der Waals surface area contributed by atoms with Gasteiger partial charge < -0.3 is 4.74 Å². The van der Waals surface area contributed by atoms with Crippen LogP contribution in [0.2, 0.25) is 0 Å². The molecule has 7 unspecified atom stereocenters. The summed E-state index contributed by atoms with van der Waals surface area (Å²) in [6.45, 7) is 23.9. The summed E-state index contributed by atoms with van der Waals surface area (Å²) in [4.78, 5) is 11.9. The zero-order chi connectivity index (χ0) is 24.9. The number of allylic oxidation sites excluding steroid dienone is 1. The van der Waals surface area contributed by atoms with Gasteiger partial charge in [-0.25, -0.2) is 0 Å². The maximum atomic E-state index is 11.9. The van der Waals surface area contributed by atoms with Crippen LogP contribution in [0.15, 0.2) is 12.2 Å². The molecule has 0 N–H and O–H groups in total. The highest BCUT2D eigenvalue weighted by atomic mass is 16.5. The third-order valence-electron chi connectivity index (χ3n) is 13.7. The van der Waals surface area contributed by atoms with Crippen molar-refractivity contribution in [2.24, 2.45) is 56.7 Å². The number of carbonyl (C=O) groups excluding carboxylic acids is 1. The summed E-state index contributed by atoms with van der Waals surface area (Å²) in [6, 6.07) is 0. The van der Waals surface area contributed by atoms with E-state index in [0.29, 0.717) is 27.6 Å². The molecule has 0 heterocycles. The molecule has 0 aromatic carbocycles. The van der Waals surface area contributed by atoms with Crippen molar-refractivity contribution in [1.29, 1.82) is 0 Å². The minimum absolute atomic E-state index is 0.0550. The van der Waals surface area contributed by atoms with Gasteiger partial charge in [0.05, 0.1) is 0 Å². The van der Waals surface area contributed by atoms with Gasteiger partial charge in [-0.3, -0.25) is 4.79 Å². The van der Waals surface area contributed by atoms with Crippen molar-refractivity contribution in [1.82, 2.24) is 0 Å². The molecule has 34 heavy (non-hydrogen) atoms. The standard InChI is InChI=1S/C32H52O2/c1-20(2)22-12-15-29(6)18-19-31(8)23(27(22)29)10-11-25-30(7)16-14-26(34-21(3)33)28(4,5)24(30)13-17-32(25,31)9/h22-27H,1,10-19H2,2-9H3/t22?,23?,24?,25?,26?,27?,29?,30-,31+,32+/m0/s1. The van der Waals surface area contributed by atoms with Crippen LogP contribution in [0.4, 0.5) is 0 Å². The van der Waals surface area contributed by atoms with E-state index in [9.17, 15) is 4.79 Å². The van der Waals surface area contributed by atoms with E-state index in [4.69, 9.17) is 4.74 Å². The molecule has 0 aromatic heterocycles. The number of esters is 1. The second-order valence-electron chi connectivity index (χ2n) is 15.3. The fourth-order valence-corrected chi connectivity index (χ4v) is 11.9. The van der Waals surface area contributed by atoms with E-state index in [2.05, 4.69) is 55.0 Å². The third kappa shape index (κ3) is 3.08. The van der Waals surface area contributed by atoms with Gasteiger partial charge in [-0.2, -0.15) is 0 Å². The largest absolute Gasteiger partial charge is 0.462 e. The van der Waals surface area contributed by atoms with Gasteiger partial charge in [-0.1, -0.05) is 53.7 Å². The summed E-state index contributed by atoms with van der Waals surface area (Å²) in [5.41, 5.74) is 3.23. The van der Waals surface area contributed by atoms with Crippen molar-refractivity contribution in [2.45, 2.75) is 126 Å². The second kappa shape index (κ2) is 7.61. The zero-order valence-corrected chi connectivity index (χ0v) is 23.6. The smallest absolute Gasteiger partial charge is 0.302 e. The van der Waals surface area contributed by atoms with Gasteiger partial charge in [0, 0.05) is 12.3 Å². The number of hydrogen-bond acceptors (Lipinski definition) is 2. The molecule has 5 fully saturated rings. The van der Waals surface area contributed by atoms with E-state index in [-0.39, 0.29) is 17.5 Å². The van der Waals surface area contributed by atoms with Crippen molar-refractivity contribution in [3.63, 3.8) is 0 Å². The molecule has 0 aliphatic heterocycles. The predicted octanol–water partition coefficient (Wildman–Crippen LogP) is 8.60. The molecular formula is C32H52O2. The van der Waals surface area contributed by atoms with Crippen LogP contribution in [-0.2, 0) is 9.53 Å². The van der Waals surface area contributed by atoms with Crippen LogP contribution < -0.4 is 0 Å². The van der Waals surface area contributed by atoms with E-state index < -0.39 is 0 Å². The molecule has 10 atom stereocenters. The topological polar surface area (TPSA) is 26.3 Å². The highest BCUT2D eigenvalue weighted by Gasteiger charge is 2.70.